The van der Waals surface area contributed by atoms with Gasteiger partial charge in [0, 0.05) is 58.6 Å². The molecule has 182 valence electrons. The summed E-state index contributed by atoms with van der Waals surface area (Å²) in [7, 11) is 0. The molecule has 0 radical (unpaired) electrons. The number of nitrogens with zero attached hydrogens (tertiary/aromatic N) is 2. The first-order valence-corrected chi connectivity index (χ1v) is 14.7. The van der Waals surface area contributed by atoms with E-state index in [0.717, 1.165) is 0 Å². The van der Waals surface area contributed by atoms with Crippen LogP contribution in [0.3, 0.4) is 0 Å². The van der Waals surface area contributed by atoms with Crippen LogP contribution in [0.2, 0.25) is 0 Å². The highest BCUT2D eigenvalue weighted by Gasteiger charge is 2.40. The molecule has 0 saturated carbocycles. The predicted molar refractivity (Wildman–Crippen MR) is 173 cm³/mol. The molecule has 6 aromatic carbocycles. The summed E-state index contributed by atoms with van der Waals surface area (Å²) < 4.78 is 7.81. The van der Waals surface area contributed by atoms with Gasteiger partial charge in [-0.3, -0.25) is 0 Å². The summed E-state index contributed by atoms with van der Waals surface area (Å²) in [5, 5.41) is 8.06. The van der Waals surface area contributed by atoms with Gasteiger partial charge in [-0.05, 0) is 52.8 Å². The Balaban J connectivity index is 1.40. The lowest BCUT2D eigenvalue weighted by molar-refractivity contribution is 1.16. The molecule has 2 aliphatic rings. The van der Waals surface area contributed by atoms with Gasteiger partial charge < -0.3 is 9.13 Å². The van der Waals surface area contributed by atoms with Crippen molar-refractivity contribution in [1.82, 2.24) is 9.13 Å². The molecule has 0 unspecified atom stereocenters. The van der Waals surface area contributed by atoms with Gasteiger partial charge in [-0.2, -0.15) is 0 Å². The first kappa shape index (κ1) is 20.2. The summed E-state index contributed by atoms with van der Waals surface area (Å²) in [6.45, 7) is 0.203. The number of hydrogen-bond acceptors (Lipinski definition) is 1. The standard InChI is InChI=1S/C36H19BN2S/c1-4-13-28-20(8-1)23-16-17-30-34-36(23)38(28)29-14-5-3-11-26(29)37(34)27-12-7-10-22-24-19-33-25(18-31(24)39(30)35(22)27)21-9-2-6-15-32(21)40-33/h1-19H. The average molecular weight is 522 g/mol. The molecule has 5 heterocycles. The van der Waals surface area contributed by atoms with Gasteiger partial charge in [0.1, 0.15) is 0 Å². The zero-order valence-electron chi connectivity index (χ0n) is 21.3. The van der Waals surface area contributed by atoms with Crippen LogP contribution in [0, 0.1) is 0 Å². The number of fused-ring (bicyclic) bond motifs is 14. The molecule has 0 aliphatic carbocycles. The Labute approximate surface area is 233 Å². The molecule has 0 fully saturated rings. The van der Waals surface area contributed by atoms with Crippen LogP contribution in [0.5, 0.6) is 0 Å². The fraction of sp³-hybridized carbons (Fsp3) is 0. The van der Waals surface area contributed by atoms with E-state index in [0.29, 0.717) is 0 Å². The molecule has 4 heteroatoms. The van der Waals surface area contributed by atoms with Crippen LogP contribution in [0.1, 0.15) is 0 Å². The van der Waals surface area contributed by atoms with Crippen LogP contribution in [0.4, 0.5) is 0 Å². The van der Waals surface area contributed by atoms with E-state index in [9.17, 15) is 0 Å². The molecule has 0 spiro atoms. The zero-order valence-corrected chi connectivity index (χ0v) is 22.2. The van der Waals surface area contributed by atoms with Gasteiger partial charge in [-0.15, -0.1) is 11.3 Å². The normalized spacial score (nSPS) is 13.4. The average Bonchev–Trinajstić information content (AvgIpc) is 3.65. The Kier molecular flexibility index (Phi) is 3.36. The second-order valence-corrected chi connectivity index (χ2v) is 12.4. The minimum atomic E-state index is 0.203. The maximum atomic E-state index is 2.58. The Morgan fingerprint density at radius 3 is 2.17 bits per heavy atom. The van der Waals surface area contributed by atoms with Gasteiger partial charge in [-0.1, -0.05) is 78.9 Å². The molecule has 0 bridgehead atoms. The molecule has 11 rings (SSSR count). The topological polar surface area (TPSA) is 9.86 Å². The molecule has 0 atom stereocenters. The zero-order chi connectivity index (χ0) is 25.7. The van der Waals surface area contributed by atoms with Gasteiger partial charge in [0.25, 0.3) is 6.71 Å². The molecule has 9 aromatic rings. The van der Waals surface area contributed by atoms with E-state index in [4.69, 9.17) is 0 Å². The fourth-order valence-corrected chi connectivity index (χ4v) is 9.14. The number of para-hydroxylation sites is 3. The third kappa shape index (κ3) is 2.13. The molecule has 40 heavy (non-hydrogen) atoms. The number of rotatable bonds is 0. The molecule has 0 N–H and O–H groups in total. The van der Waals surface area contributed by atoms with E-state index in [1.54, 1.807) is 0 Å². The molecule has 0 saturated heterocycles. The molecular weight excluding hydrogens is 503 g/mol. The quantitative estimate of drug-likeness (QED) is 0.184. The van der Waals surface area contributed by atoms with Gasteiger partial charge in [0.05, 0.1) is 16.6 Å². The van der Waals surface area contributed by atoms with Crippen LogP contribution in [0.15, 0.2) is 115 Å². The maximum absolute atomic E-state index is 2.58. The second-order valence-electron chi connectivity index (χ2n) is 11.3. The van der Waals surface area contributed by atoms with E-state index >= 15 is 0 Å². The monoisotopic (exact) mass is 522 g/mol. The maximum Gasteiger partial charge on any atom is 0.252 e. The Hall–Kier alpha value is -4.80. The van der Waals surface area contributed by atoms with Gasteiger partial charge in [-0.25, -0.2) is 0 Å². The first-order valence-electron chi connectivity index (χ1n) is 13.9. The number of thiophene rings is 1. The highest BCUT2D eigenvalue weighted by atomic mass is 32.1. The molecule has 2 nitrogen and oxygen atoms in total. The lowest BCUT2D eigenvalue weighted by atomic mass is 9.34. The lowest BCUT2D eigenvalue weighted by Crippen LogP contribution is -2.59. The van der Waals surface area contributed by atoms with Crippen molar-refractivity contribution in [3.8, 4) is 11.4 Å². The number of hydrogen-bond donors (Lipinski definition) is 0. The molecule has 3 aromatic heterocycles. The summed E-state index contributed by atoms with van der Waals surface area (Å²) in [5.74, 6) is 0. The van der Waals surface area contributed by atoms with Crippen molar-refractivity contribution in [2.24, 2.45) is 0 Å². The van der Waals surface area contributed by atoms with E-state index in [2.05, 4.69) is 124 Å². The summed E-state index contributed by atoms with van der Waals surface area (Å²) in [4.78, 5) is 0. The van der Waals surface area contributed by atoms with Crippen molar-refractivity contribution < 1.29 is 0 Å². The van der Waals surface area contributed by atoms with Crippen molar-refractivity contribution in [3.63, 3.8) is 0 Å². The largest absolute Gasteiger partial charge is 0.310 e. The van der Waals surface area contributed by atoms with E-state index in [1.807, 2.05) is 11.3 Å². The lowest BCUT2D eigenvalue weighted by Gasteiger charge is -2.33. The Morgan fingerprint density at radius 2 is 1.20 bits per heavy atom. The van der Waals surface area contributed by atoms with Crippen molar-refractivity contribution >= 4 is 98.2 Å². The van der Waals surface area contributed by atoms with E-state index in [1.165, 1.54) is 91.5 Å². The Morgan fingerprint density at radius 1 is 0.450 bits per heavy atom. The number of aromatic nitrogens is 2. The summed E-state index contributed by atoms with van der Waals surface area (Å²) >= 11 is 1.90. The van der Waals surface area contributed by atoms with E-state index in [-0.39, 0.29) is 6.71 Å². The smallest absolute Gasteiger partial charge is 0.252 e. The van der Waals surface area contributed by atoms with Crippen LogP contribution in [0.25, 0.3) is 75.2 Å². The van der Waals surface area contributed by atoms with Crippen molar-refractivity contribution in [2.75, 3.05) is 0 Å². The van der Waals surface area contributed by atoms with Gasteiger partial charge in [0.2, 0.25) is 0 Å². The molecular formula is C36H19BN2S. The summed E-state index contributed by atoms with van der Waals surface area (Å²) in [6.07, 6.45) is 0. The Bertz CT molecular complexity index is 2610. The minimum Gasteiger partial charge on any atom is -0.310 e. The van der Waals surface area contributed by atoms with Crippen LogP contribution < -0.4 is 16.4 Å². The van der Waals surface area contributed by atoms with Gasteiger partial charge in [0.15, 0.2) is 0 Å². The summed E-state index contributed by atoms with van der Waals surface area (Å²) in [5.41, 5.74) is 12.1. The van der Waals surface area contributed by atoms with Gasteiger partial charge >= 0.3 is 0 Å². The van der Waals surface area contributed by atoms with Crippen LogP contribution in [-0.2, 0) is 0 Å². The fourth-order valence-electron chi connectivity index (χ4n) is 8.01. The third-order valence-electron chi connectivity index (χ3n) is 9.50. The first-order chi connectivity index (χ1) is 19.9. The molecule has 0 amide bonds. The molecule has 2 aliphatic heterocycles. The highest BCUT2D eigenvalue weighted by Crippen LogP contribution is 2.42. The van der Waals surface area contributed by atoms with Crippen LogP contribution >= 0.6 is 11.3 Å². The SMILES string of the molecule is c1ccc2c(c1)B1c3cccc4c5cc6sc7ccccc7c6cc5n(c34)-c3ccc4c5ccccc5n-2c4c31. The minimum absolute atomic E-state index is 0.203. The van der Waals surface area contributed by atoms with Crippen molar-refractivity contribution in [2.45, 2.75) is 0 Å². The third-order valence-corrected chi connectivity index (χ3v) is 10.6. The number of benzene rings is 6. The predicted octanol–water partition coefficient (Wildman–Crippen LogP) is 7.39. The highest BCUT2D eigenvalue weighted by molar-refractivity contribution is 7.25. The van der Waals surface area contributed by atoms with Crippen LogP contribution in [-0.4, -0.2) is 15.8 Å². The second kappa shape index (κ2) is 6.67. The van der Waals surface area contributed by atoms with Crippen molar-refractivity contribution in [3.05, 3.63) is 115 Å². The van der Waals surface area contributed by atoms with E-state index < -0.39 is 0 Å². The summed E-state index contributed by atoms with van der Waals surface area (Å²) in [6, 6.07) is 43.4. The van der Waals surface area contributed by atoms with Crippen molar-refractivity contribution in [1.29, 1.82) is 0 Å².